The fourth-order valence-electron chi connectivity index (χ4n) is 1.00. The zero-order chi connectivity index (χ0) is 11.3. The number of halogens is 1. The summed E-state index contributed by atoms with van der Waals surface area (Å²) in [7, 11) is 0. The van der Waals surface area contributed by atoms with Gasteiger partial charge in [-0.3, -0.25) is 0 Å². The van der Waals surface area contributed by atoms with Crippen LogP contribution >= 0.6 is 0 Å². The van der Waals surface area contributed by atoms with E-state index in [2.05, 4.69) is 4.98 Å². The molecule has 82 valence electrons. The molecule has 1 rings (SSSR count). The lowest BCUT2D eigenvalue weighted by atomic mass is 10.1. The quantitative estimate of drug-likeness (QED) is 0.567. The molecule has 0 aliphatic heterocycles. The van der Waals surface area contributed by atoms with E-state index in [-0.39, 0.29) is 5.56 Å². The summed E-state index contributed by atoms with van der Waals surface area (Å²) in [6, 6.07) is 2.50. The molecule has 1 aromatic rings. The predicted molar refractivity (Wildman–Crippen MR) is 53.9 cm³/mol. The van der Waals surface area contributed by atoms with Gasteiger partial charge in [0.2, 0.25) is 5.95 Å². The van der Waals surface area contributed by atoms with Gasteiger partial charge < -0.3 is 4.74 Å². The largest absolute Gasteiger partial charge is 0.462 e. The number of aromatic nitrogens is 1. The predicted octanol–water partition coefficient (Wildman–Crippen LogP) is 2.42. The Kier molecular flexibility index (Phi) is 4.21. The molecule has 1 aromatic heterocycles. The van der Waals surface area contributed by atoms with Gasteiger partial charge in [0.1, 0.15) is 0 Å². The molecular weight excluding hydrogens is 197 g/mol. The molecule has 0 atom stereocenters. The minimum Gasteiger partial charge on any atom is -0.462 e. The van der Waals surface area contributed by atoms with Crippen molar-refractivity contribution in [2.75, 3.05) is 6.61 Å². The summed E-state index contributed by atoms with van der Waals surface area (Å²) >= 11 is 0. The van der Waals surface area contributed by atoms with E-state index in [1.54, 1.807) is 0 Å². The number of hydrogen-bond donors (Lipinski definition) is 0. The fraction of sp³-hybridized carbons (Fsp3) is 0.455. The average molecular weight is 211 g/mol. The second-order valence-electron chi connectivity index (χ2n) is 3.69. The van der Waals surface area contributed by atoms with E-state index in [1.165, 1.54) is 12.3 Å². The lowest BCUT2D eigenvalue weighted by molar-refractivity contribution is 0.0487. The first-order valence-electron chi connectivity index (χ1n) is 4.88. The van der Waals surface area contributed by atoms with Crippen molar-refractivity contribution >= 4 is 5.97 Å². The Morgan fingerprint density at radius 2 is 2.33 bits per heavy atom. The van der Waals surface area contributed by atoms with Crippen LogP contribution in [0.2, 0.25) is 0 Å². The van der Waals surface area contributed by atoms with Crippen molar-refractivity contribution in [2.24, 2.45) is 5.92 Å². The first kappa shape index (κ1) is 11.6. The first-order chi connectivity index (χ1) is 7.09. The number of esters is 1. The van der Waals surface area contributed by atoms with Crippen molar-refractivity contribution in [1.29, 1.82) is 0 Å². The third kappa shape index (κ3) is 4.06. The van der Waals surface area contributed by atoms with E-state index in [0.29, 0.717) is 12.5 Å². The second kappa shape index (κ2) is 5.44. The maximum absolute atomic E-state index is 12.7. The Hall–Kier alpha value is -1.45. The molecule has 3 nitrogen and oxygen atoms in total. The average Bonchev–Trinajstić information content (AvgIpc) is 2.17. The number of carbonyl (C=O) groups is 1. The van der Waals surface area contributed by atoms with Gasteiger partial charge >= 0.3 is 5.97 Å². The Morgan fingerprint density at radius 3 is 2.93 bits per heavy atom. The molecule has 0 aromatic carbocycles. The van der Waals surface area contributed by atoms with Crippen molar-refractivity contribution in [3.8, 4) is 0 Å². The van der Waals surface area contributed by atoms with Crippen molar-refractivity contribution in [3.05, 3.63) is 29.8 Å². The van der Waals surface area contributed by atoms with Gasteiger partial charge in [-0.2, -0.15) is 4.39 Å². The van der Waals surface area contributed by atoms with Crippen LogP contribution in [0.1, 0.15) is 30.6 Å². The molecule has 0 unspecified atom stereocenters. The van der Waals surface area contributed by atoms with E-state index in [9.17, 15) is 9.18 Å². The molecule has 15 heavy (non-hydrogen) atoms. The first-order valence-corrected chi connectivity index (χ1v) is 4.88. The van der Waals surface area contributed by atoms with E-state index in [0.717, 1.165) is 12.5 Å². The summed E-state index contributed by atoms with van der Waals surface area (Å²) in [6.45, 7) is 4.44. The molecule has 0 saturated carbocycles. The summed E-state index contributed by atoms with van der Waals surface area (Å²) in [6.07, 6.45) is 2.05. The molecule has 0 N–H and O–H groups in total. The van der Waals surface area contributed by atoms with Gasteiger partial charge in [0, 0.05) is 12.3 Å². The summed E-state index contributed by atoms with van der Waals surface area (Å²) in [5.41, 5.74) is 0.200. The highest BCUT2D eigenvalue weighted by Crippen LogP contribution is 2.05. The maximum atomic E-state index is 12.7. The van der Waals surface area contributed by atoms with Crippen LogP contribution in [0, 0.1) is 11.9 Å². The van der Waals surface area contributed by atoms with E-state index in [1.807, 2.05) is 13.8 Å². The van der Waals surface area contributed by atoms with Crippen LogP contribution in [-0.2, 0) is 4.74 Å². The Bertz CT molecular complexity index is 339. The van der Waals surface area contributed by atoms with E-state index >= 15 is 0 Å². The Labute approximate surface area is 88.3 Å². The van der Waals surface area contributed by atoms with Crippen LogP contribution in [-0.4, -0.2) is 17.6 Å². The highest BCUT2D eigenvalue weighted by atomic mass is 19.1. The van der Waals surface area contributed by atoms with Crippen LogP contribution in [0.25, 0.3) is 0 Å². The SMILES string of the molecule is CC(C)CCOC(=O)c1ccnc(F)c1. The van der Waals surface area contributed by atoms with Crippen LogP contribution in [0.4, 0.5) is 4.39 Å². The highest BCUT2D eigenvalue weighted by molar-refractivity contribution is 5.89. The van der Waals surface area contributed by atoms with Gasteiger partial charge in [-0.15, -0.1) is 0 Å². The van der Waals surface area contributed by atoms with Gasteiger partial charge in [-0.1, -0.05) is 13.8 Å². The molecule has 0 radical (unpaired) electrons. The minimum absolute atomic E-state index is 0.200. The number of ether oxygens (including phenoxy) is 1. The molecule has 0 saturated heterocycles. The topological polar surface area (TPSA) is 39.2 Å². The molecular formula is C11H14FNO2. The highest BCUT2D eigenvalue weighted by Gasteiger charge is 2.08. The second-order valence-corrected chi connectivity index (χ2v) is 3.69. The maximum Gasteiger partial charge on any atom is 0.338 e. The molecule has 0 fully saturated rings. The molecule has 0 aliphatic rings. The van der Waals surface area contributed by atoms with Gasteiger partial charge in [-0.05, 0) is 18.4 Å². The van der Waals surface area contributed by atoms with Gasteiger partial charge in [0.25, 0.3) is 0 Å². The Balaban J connectivity index is 2.47. The summed E-state index contributed by atoms with van der Waals surface area (Å²) in [4.78, 5) is 14.7. The lowest BCUT2D eigenvalue weighted by Gasteiger charge is -2.06. The third-order valence-electron chi connectivity index (χ3n) is 1.89. The third-order valence-corrected chi connectivity index (χ3v) is 1.89. The number of nitrogens with zero attached hydrogens (tertiary/aromatic N) is 1. The van der Waals surface area contributed by atoms with Gasteiger partial charge in [-0.25, -0.2) is 9.78 Å². The van der Waals surface area contributed by atoms with Gasteiger partial charge in [0.05, 0.1) is 12.2 Å². The molecule has 0 spiro atoms. The van der Waals surface area contributed by atoms with Crippen LogP contribution in [0.5, 0.6) is 0 Å². The smallest absolute Gasteiger partial charge is 0.338 e. The molecule has 0 amide bonds. The molecule has 0 aliphatic carbocycles. The normalized spacial score (nSPS) is 10.4. The van der Waals surface area contributed by atoms with Gasteiger partial charge in [0.15, 0.2) is 0 Å². The zero-order valence-corrected chi connectivity index (χ0v) is 8.87. The van der Waals surface area contributed by atoms with Crippen LogP contribution in [0.3, 0.4) is 0 Å². The number of hydrogen-bond acceptors (Lipinski definition) is 3. The van der Waals surface area contributed by atoms with E-state index < -0.39 is 11.9 Å². The van der Waals surface area contributed by atoms with Crippen molar-refractivity contribution in [3.63, 3.8) is 0 Å². The number of carbonyl (C=O) groups excluding carboxylic acids is 1. The fourth-order valence-corrected chi connectivity index (χ4v) is 1.00. The summed E-state index contributed by atoms with van der Waals surface area (Å²) in [5, 5.41) is 0. The monoisotopic (exact) mass is 211 g/mol. The Morgan fingerprint density at radius 1 is 1.60 bits per heavy atom. The zero-order valence-electron chi connectivity index (χ0n) is 8.87. The van der Waals surface area contributed by atoms with Crippen LogP contribution in [0.15, 0.2) is 18.3 Å². The molecule has 0 bridgehead atoms. The standard InChI is InChI=1S/C11H14FNO2/c1-8(2)4-6-15-11(14)9-3-5-13-10(12)7-9/h3,5,7-8H,4,6H2,1-2H3. The van der Waals surface area contributed by atoms with Crippen molar-refractivity contribution < 1.29 is 13.9 Å². The van der Waals surface area contributed by atoms with Crippen molar-refractivity contribution in [2.45, 2.75) is 20.3 Å². The number of pyridine rings is 1. The molecule has 1 heterocycles. The minimum atomic E-state index is -0.673. The molecule has 4 heteroatoms. The summed E-state index contributed by atoms with van der Waals surface area (Å²) in [5.74, 6) is -0.697. The number of rotatable bonds is 4. The van der Waals surface area contributed by atoms with E-state index in [4.69, 9.17) is 4.74 Å². The lowest BCUT2D eigenvalue weighted by Crippen LogP contribution is -2.08. The summed E-state index contributed by atoms with van der Waals surface area (Å²) < 4.78 is 17.6. The van der Waals surface area contributed by atoms with Crippen LogP contribution < -0.4 is 0 Å². The van der Waals surface area contributed by atoms with Crippen molar-refractivity contribution in [1.82, 2.24) is 4.98 Å².